The maximum absolute atomic E-state index is 12.9. The van der Waals surface area contributed by atoms with Crippen LogP contribution >= 0.6 is 34.5 Å². The molecular formula is C23H16Cl2N2O3S. The topological polar surface area (TPSA) is 68.3 Å². The van der Waals surface area contributed by atoms with Gasteiger partial charge in [-0.2, -0.15) is 0 Å². The van der Waals surface area contributed by atoms with Gasteiger partial charge in [0.2, 0.25) is 0 Å². The molecule has 0 aliphatic carbocycles. The van der Waals surface area contributed by atoms with E-state index < -0.39 is 18.0 Å². The van der Waals surface area contributed by atoms with Crippen molar-refractivity contribution in [1.82, 2.24) is 4.98 Å². The van der Waals surface area contributed by atoms with Crippen molar-refractivity contribution in [2.45, 2.75) is 13.0 Å². The molecule has 5 nitrogen and oxygen atoms in total. The molecule has 156 valence electrons. The number of hydrogen-bond donors (Lipinski definition) is 1. The van der Waals surface area contributed by atoms with Gasteiger partial charge in [0, 0.05) is 21.3 Å². The number of anilines is 1. The second-order valence-electron chi connectivity index (χ2n) is 6.73. The third-order valence-electron chi connectivity index (χ3n) is 4.45. The zero-order valence-corrected chi connectivity index (χ0v) is 18.6. The quantitative estimate of drug-likeness (QED) is 0.340. The van der Waals surface area contributed by atoms with Crippen LogP contribution in [-0.4, -0.2) is 23.0 Å². The van der Waals surface area contributed by atoms with Crippen molar-refractivity contribution in [2.75, 3.05) is 5.32 Å². The summed E-state index contributed by atoms with van der Waals surface area (Å²) in [6, 6.07) is 19.5. The van der Waals surface area contributed by atoms with Crippen LogP contribution in [0.15, 0.2) is 66.7 Å². The smallest absolute Gasteiger partial charge is 0.339 e. The molecule has 1 N–H and O–H groups in total. The fraction of sp³-hybridized carbons (Fsp3) is 0.0870. The number of halogens is 2. The molecule has 4 aromatic rings. The van der Waals surface area contributed by atoms with Crippen molar-refractivity contribution in [3.05, 3.63) is 82.3 Å². The Morgan fingerprint density at radius 1 is 1.00 bits per heavy atom. The first-order chi connectivity index (χ1) is 14.9. The van der Waals surface area contributed by atoms with E-state index in [1.54, 1.807) is 30.3 Å². The van der Waals surface area contributed by atoms with E-state index in [0.717, 1.165) is 10.2 Å². The first-order valence-electron chi connectivity index (χ1n) is 9.33. The maximum Gasteiger partial charge on any atom is 0.339 e. The van der Waals surface area contributed by atoms with E-state index in [1.165, 1.54) is 18.3 Å². The number of carbonyl (C=O) groups is 2. The van der Waals surface area contributed by atoms with Gasteiger partial charge in [-0.15, -0.1) is 11.3 Å². The lowest BCUT2D eigenvalue weighted by atomic mass is 10.1. The van der Waals surface area contributed by atoms with E-state index in [1.807, 2.05) is 36.4 Å². The average Bonchev–Trinajstić information content (AvgIpc) is 3.17. The lowest BCUT2D eigenvalue weighted by Crippen LogP contribution is -2.30. The molecule has 0 fully saturated rings. The Labute approximate surface area is 192 Å². The summed E-state index contributed by atoms with van der Waals surface area (Å²) in [6.45, 7) is 1.50. The van der Waals surface area contributed by atoms with Crippen LogP contribution in [0.1, 0.15) is 17.3 Å². The molecule has 0 radical (unpaired) electrons. The Morgan fingerprint density at radius 2 is 1.68 bits per heavy atom. The molecule has 1 unspecified atom stereocenters. The number of ether oxygens (including phenoxy) is 1. The molecule has 8 heteroatoms. The Balaban J connectivity index is 1.52. The number of benzene rings is 3. The summed E-state index contributed by atoms with van der Waals surface area (Å²) in [6.07, 6.45) is -1.03. The molecule has 1 aromatic heterocycles. The van der Waals surface area contributed by atoms with Crippen molar-refractivity contribution in [3.63, 3.8) is 0 Å². The molecule has 1 atom stereocenters. The molecular weight excluding hydrogens is 455 g/mol. The van der Waals surface area contributed by atoms with Gasteiger partial charge in [0.25, 0.3) is 5.91 Å². The monoisotopic (exact) mass is 470 g/mol. The van der Waals surface area contributed by atoms with Crippen molar-refractivity contribution in [2.24, 2.45) is 0 Å². The first kappa shape index (κ1) is 21.3. The van der Waals surface area contributed by atoms with Gasteiger partial charge in [0.15, 0.2) is 6.10 Å². The Kier molecular flexibility index (Phi) is 6.23. The molecule has 0 saturated carbocycles. The Hall–Kier alpha value is -2.93. The average molecular weight is 471 g/mol. The number of rotatable bonds is 5. The van der Waals surface area contributed by atoms with Crippen LogP contribution in [0, 0.1) is 0 Å². The van der Waals surface area contributed by atoms with Gasteiger partial charge in [-0.25, -0.2) is 9.78 Å². The van der Waals surface area contributed by atoms with Gasteiger partial charge in [-0.1, -0.05) is 53.5 Å². The van der Waals surface area contributed by atoms with E-state index in [0.29, 0.717) is 31.9 Å². The van der Waals surface area contributed by atoms with Gasteiger partial charge in [-0.3, -0.25) is 4.79 Å². The highest BCUT2D eigenvalue weighted by Crippen LogP contribution is 2.32. The van der Waals surface area contributed by atoms with Crippen LogP contribution < -0.4 is 5.32 Å². The minimum absolute atomic E-state index is 0.340. The molecule has 3 aromatic carbocycles. The summed E-state index contributed by atoms with van der Waals surface area (Å²) in [5.41, 5.74) is 2.27. The minimum atomic E-state index is -1.03. The van der Waals surface area contributed by atoms with E-state index in [9.17, 15) is 9.59 Å². The number of hydrogen-bond acceptors (Lipinski definition) is 5. The summed E-state index contributed by atoms with van der Waals surface area (Å²) >= 11 is 13.4. The molecule has 4 rings (SSSR count). The lowest BCUT2D eigenvalue weighted by Gasteiger charge is -2.15. The second-order valence-corrected chi connectivity index (χ2v) is 8.63. The molecule has 0 saturated heterocycles. The zero-order valence-electron chi connectivity index (χ0n) is 16.3. The minimum Gasteiger partial charge on any atom is -0.449 e. The number of aromatic nitrogens is 1. The molecule has 1 heterocycles. The van der Waals surface area contributed by atoms with Crippen molar-refractivity contribution in [3.8, 4) is 10.6 Å². The number of esters is 1. The number of para-hydroxylation sites is 1. The number of carbonyl (C=O) groups excluding carboxylic acids is 2. The number of amides is 1. The third-order valence-corrected chi connectivity index (χ3v) is 5.96. The number of fused-ring (bicyclic) bond motifs is 1. The maximum atomic E-state index is 12.9. The number of thiazole rings is 1. The van der Waals surface area contributed by atoms with Crippen LogP contribution in [0.4, 0.5) is 5.69 Å². The van der Waals surface area contributed by atoms with Crippen LogP contribution in [-0.2, 0) is 9.53 Å². The summed E-state index contributed by atoms with van der Waals surface area (Å²) < 4.78 is 6.45. The van der Waals surface area contributed by atoms with Gasteiger partial charge >= 0.3 is 5.97 Å². The van der Waals surface area contributed by atoms with Gasteiger partial charge < -0.3 is 10.1 Å². The molecule has 0 spiro atoms. The second kappa shape index (κ2) is 9.06. The van der Waals surface area contributed by atoms with Crippen LogP contribution in [0.3, 0.4) is 0 Å². The molecule has 1 amide bonds. The largest absolute Gasteiger partial charge is 0.449 e. The fourth-order valence-corrected chi connectivity index (χ4v) is 4.51. The fourth-order valence-electron chi connectivity index (χ4n) is 2.98. The van der Waals surface area contributed by atoms with Gasteiger partial charge in [-0.05, 0) is 43.3 Å². The predicted octanol–water partition coefficient (Wildman–Crippen LogP) is 6.45. The van der Waals surface area contributed by atoms with Crippen LogP contribution in [0.5, 0.6) is 0 Å². The zero-order chi connectivity index (χ0) is 22.0. The van der Waals surface area contributed by atoms with E-state index in [4.69, 9.17) is 27.9 Å². The Bertz CT molecular complexity index is 1240. The summed E-state index contributed by atoms with van der Waals surface area (Å²) in [7, 11) is 0. The molecule has 0 bridgehead atoms. The first-order valence-corrected chi connectivity index (χ1v) is 10.9. The number of nitrogens with one attached hydrogen (secondary N) is 1. The van der Waals surface area contributed by atoms with Crippen LogP contribution in [0.2, 0.25) is 10.0 Å². The highest BCUT2D eigenvalue weighted by molar-refractivity contribution is 7.21. The summed E-state index contributed by atoms with van der Waals surface area (Å²) in [5.74, 6) is -1.11. The van der Waals surface area contributed by atoms with E-state index in [2.05, 4.69) is 10.3 Å². The van der Waals surface area contributed by atoms with E-state index in [-0.39, 0.29) is 0 Å². The molecule has 31 heavy (non-hydrogen) atoms. The van der Waals surface area contributed by atoms with Crippen molar-refractivity contribution in [1.29, 1.82) is 0 Å². The van der Waals surface area contributed by atoms with Crippen LogP contribution in [0.25, 0.3) is 20.8 Å². The van der Waals surface area contributed by atoms with Gasteiger partial charge in [0.1, 0.15) is 5.01 Å². The van der Waals surface area contributed by atoms with Crippen molar-refractivity contribution >= 4 is 62.3 Å². The molecule has 0 aliphatic rings. The highest BCUT2D eigenvalue weighted by Gasteiger charge is 2.22. The summed E-state index contributed by atoms with van der Waals surface area (Å²) in [5, 5.41) is 4.13. The normalized spacial score (nSPS) is 11.8. The SMILES string of the molecule is CC(OC(=O)c1ccccc1-c1nc2ccccc2s1)C(=O)Nc1cc(Cl)cc(Cl)c1. The summed E-state index contributed by atoms with van der Waals surface area (Å²) in [4.78, 5) is 30.0. The standard InChI is InChI=1S/C23H16Cl2N2O3S/c1-13(21(28)26-16-11-14(24)10-15(25)12-16)30-23(29)18-7-3-2-6-17(18)22-27-19-8-4-5-9-20(19)31-22/h2-13H,1H3,(H,26,28). The highest BCUT2D eigenvalue weighted by atomic mass is 35.5. The Morgan fingerprint density at radius 3 is 2.42 bits per heavy atom. The third kappa shape index (κ3) is 4.88. The molecule has 0 aliphatic heterocycles. The number of nitrogens with zero attached hydrogens (tertiary/aromatic N) is 1. The van der Waals surface area contributed by atoms with Crippen molar-refractivity contribution < 1.29 is 14.3 Å². The lowest BCUT2D eigenvalue weighted by molar-refractivity contribution is -0.123. The van der Waals surface area contributed by atoms with Gasteiger partial charge in [0.05, 0.1) is 15.8 Å². The van der Waals surface area contributed by atoms with E-state index >= 15 is 0 Å². The predicted molar refractivity (Wildman–Crippen MR) is 125 cm³/mol.